The van der Waals surface area contributed by atoms with Crippen LogP contribution in [0.3, 0.4) is 0 Å². The molecule has 0 bridgehead atoms. The smallest absolute Gasteiger partial charge is 0.177 e. The molecular formula is C5H7NOS. The first-order chi connectivity index (χ1) is 3.83. The number of ketones is 1. The van der Waals surface area contributed by atoms with Gasteiger partial charge in [0, 0.05) is 12.5 Å². The zero-order valence-electron chi connectivity index (χ0n) is 4.63. The Bertz CT molecular complexity index is 132. The van der Waals surface area contributed by atoms with E-state index >= 15 is 0 Å². The number of rotatable bonds is 1. The normalized spacial score (nSPS) is 18.1. The Balaban J connectivity index is 2.46. The van der Waals surface area contributed by atoms with Crippen molar-refractivity contribution in [2.24, 2.45) is 0 Å². The summed E-state index contributed by atoms with van der Waals surface area (Å²) in [6.07, 6.45) is 5.34. The van der Waals surface area contributed by atoms with Gasteiger partial charge in [0.15, 0.2) is 5.78 Å². The van der Waals surface area contributed by atoms with E-state index in [1.807, 2.05) is 10.6 Å². The fraction of sp³-hybridized carbons (Fsp3) is 0.400. The summed E-state index contributed by atoms with van der Waals surface area (Å²) in [4.78, 5) is 10.5. The van der Waals surface area contributed by atoms with Gasteiger partial charge in [-0.05, 0) is 6.08 Å². The van der Waals surface area contributed by atoms with Crippen LogP contribution in [0.5, 0.6) is 0 Å². The summed E-state index contributed by atoms with van der Waals surface area (Å²) in [7, 11) is 0. The molecule has 44 valence electrons. The second-order valence-corrected chi connectivity index (χ2v) is 2.37. The molecule has 0 atom stereocenters. The lowest BCUT2D eigenvalue weighted by molar-refractivity contribution is -0.113. The van der Waals surface area contributed by atoms with Crippen LogP contribution in [-0.4, -0.2) is 22.9 Å². The summed E-state index contributed by atoms with van der Waals surface area (Å²) in [5, 5.41) is 0. The number of carbonyl (C=O) groups excluding carboxylic acids is 1. The van der Waals surface area contributed by atoms with E-state index in [2.05, 4.69) is 0 Å². The highest BCUT2D eigenvalue weighted by Gasteiger charge is 2.08. The first-order valence-corrected chi connectivity index (χ1v) is 3.53. The van der Waals surface area contributed by atoms with E-state index in [4.69, 9.17) is 0 Å². The lowest BCUT2D eigenvalue weighted by Crippen LogP contribution is -2.08. The summed E-state index contributed by atoms with van der Waals surface area (Å²) >= 11 is 1.56. The molecule has 0 aromatic rings. The van der Waals surface area contributed by atoms with E-state index in [9.17, 15) is 4.79 Å². The molecule has 0 spiro atoms. The van der Waals surface area contributed by atoms with Crippen LogP contribution in [0, 0.1) is 0 Å². The van der Waals surface area contributed by atoms with Gasteiger partial charge in [0.2, 0.25) is 0 Å². The molecule has 0 aliphatic carbocycles. The van der Waals surface area contributed by atoms with E-state index in [0.29, 0.717) is 6.54 Å². The predicted molar refractivity (Wildman–Crippen MR) is 34.4 cm³/mol. The van der Waals surface area contributed by atoms with E-state index in [1.165, 1.54) is 0 Å². The molecule has 1 aliphatic heterocycles. The Kier molecular flexibility index (Phi) is 1.58. The van der Waals surface area contributed by atoms with Crippen molar-refractivity contribution in [2.75, 3.05) is 12.8 Å². The summed E-state index contributed by atoms with van der Waals surface area (Å²) in [6.45, 7) is 0.543. The van der Waals surface area contributed by atoms with Crippen molar-refractivity contribution in [1.29, 1.82) is 0 Å². The van der Waals surface area contributed by atoms with Crippen LogP contribution in [0.1, 0.15) is 0 Å². The van der Waals surface area contributed by atoms with Crippen molar-refractivity contribution in [2.45, 2.75) is 0 Å². The summed E-state index contributed by atoms with van der Waals surface area (Å²) in [5.74, 6) is 0.194. The highest BCUT2D eigenvalue weighted by molar-refractivity contribution is 7.96. The zero-order valence-corrected chi connectivity index (χ0v) is 5.44. The molecule has 0 amide bonds. The molecular weight excluding hydrogens is 122 g/mol. The average Bonchev–Trinajstić information content (AvgIpc) is 2.14. The van der Waals surface area contributed by atoms with Crippen LogP contribution in [0.2, 0.25) is 0 Å². The Hall–Kier alpha value is -0.440. The first-order valence-electron chi connectivity index (χ1n) is 2.34. The second-order valence-electron chi connectivity index (χ2n) is 1.54. The number of nitrogens with zero attached hydrogens (tertiary/aromatic N) is 1. The van der Waals surface area contributed by atoms with Gasteiger partial charge < -0.3 is 4.31 Å². The Morgan fingerprint density at radius 1 is 1.88 bits per heavy atom. The molecule has 0 radical (unpaired) electrons. The molecule has 0 N–H and O–H groups in total. The van der Waals surface area contributed by atoms with Crippen molar-refractivity contribution in [3.05, 3.63) is 12.3 Å². The third-order valence-corrected chi connectivity index (χ3v) is 1.69. The molecule has 0 saturated carbocycles. The SMILES string of the molecule is CSN1C=CC(=O)C1. The molecule has 2 nitrogen and oxygen atoms in total. The Labute approximate surface area is 52.7 Å². The zero-order chi connectivity index (χ0) is 5.98. The molecule has 8 heavy (non-hydrogen) atoms. The molecule has 0 unspecified atom stereocenters. The van der Waals surface area contributed by atoms with Gasteiger partial charge in [-0.15, -0.1) is 0 Å². The maximum Gasteiger partial charge on any atom is 0.177 e. The molecule has 0 saturated heterocycles. The van der Waals surface area contributed by atoms with Crippen molar-refractivity contribution in [1.82, 2.24) is 4.31 Å². The lowest BCUT2D eigenvalue weighted by atomic mass is 10.4. The fourth-order valence-corrected chi connectivity index (χ4v) is 0.990. The second kappa shape index (κ2) is 2.22. The Morgan fingerprint density at radius 2 is 2.62 bits per heavy atom. The molecule has 1 aliphatic rings. The number of hydrogen-bond donors (Lipinski definition) is 0. The van der Waals surface area contributed by atoms with Gasteiger partial charge >= 0.3 is 0 Å². The minimum Gasteiger partial charge on any atom is -0.316 e. The van der Waals surface area contributed by atoms with Gasteiger partial charge in [-0.2, -0.15) is 0 Å². The van der Waals surface area contributed by atoms with E-state index in [1.54, 1.807) is 24.2 Å². The quantitative estimate of drug-likeness (QED) is 0.485. The van der Waals surface area contributed by atoms with E-state index < -0.39 is 0 Å². The van der Waals surface area contributed by atoms with Crippen LogP contribution in [0.4, 0.5) is 0 Å². The monoisotopic (exact) mass is 129 g/mol. The van der Waals surface area contributed by atoms with Crippen LogP contribution >= 0.6 is 11.9 Å². The molecule has 0 aromatic carbocycles. The van der Waals surface area contributed by atoms with Gasteiger partial charge in [0.05, 0.1) is 6.54 Å². The van der Waals surface area contributed by atoms with Crippen molar-refractivity contribution in [3.8, 4) is 0 Å². The van der Waals surface area contributed by atoms with Crippen molar-refractivity contribution < 1.29 is 4.79 Å². The largest absolute Gasteiger partial charge is 0.316 e. The Morgan fingerprint density at radius 3 is 2.88 bits per heavy atom. The molecule has 3 heteroatoms. The van der Waals surface area contributed by atoms with Gasteiger partial charge in [-0.1, -0.05) is 11.9 Å². The minimum absolute atomic E-state index is 0.194. The van der Waals surface area contributed by atoms with Crippen LogP contribution in [0.25, 0.3) is 0 Å². The van der Waals surface area contributed by atoms with E-state index in [0.717, 1.165) is 0 Å². The fourth-order valence-electron chi connectivity index (χ4n) is 0.551. The minimum atomic E-state index is 0.194. The van der Waals surface area contributed by atoms with E-state index in [-0.39, 0.29) is 5.78 Å². The third kappa shape index (κ3) is 1.04. The lowest BCUT2D eigenvalue weighted by Gasteiger charge is -2.06. The van der Waals surface area contributed by atoms with Gasteiger partial charge in [-0.3, -0.25) is 4.79 Å². The summed E-state index contributed by atoms with van der Waals surface area (Å²) in [5.41, 5.74) is 0. The predicted octanol–water partition coefficient (Wildman–Crippen LogP) is 0.663. The first kappa shape index (κ1) is 5.69. The molecule has 1 rings (SSSR count). The number of hydrogen-bond acceptors (Lipinski definition) is 3. The van der Waals surface area contributed by atoms with Crippen molar-refractivity contribution in [3.63, 3.8) is 0 Å². The topological polar surface area (TPSA) is 20.3 Å². The maximum absolute atomic E-state index is 10.5. The summed E-state index contributed by atoms with van der Waals surface area (Å²) in [6, 6.07) is 0. The average molecular weight is 129 g/mol. The van der Waals surface area contributed by atoms with Crippen LogP contribution < -0.4 is 0 Å². The molecule has 0 aromatic heterocycles. The highest BCUT2D eigenvalue weighted by Crippen LogP contribution is 2.09. The van der Waals surface area contributed by atoms with Gasteiger partial charge in [0.25, 0.3) is 0 Å². The molecule has 0 fully saturated rings. The maximum atomic E-state index is 10.5. The highest BCUT2D eigenvalue weighted by atomic mass is 32.2. The standard InChI is InChI=1S/C5H7NOS/c1-8-6-3-2-5(7)4-6/h2-3H,4H2,1H3. The van der Waals surface area contributed by atoms with Gasteiger partial charge in [0.1, 0.15) is 0 Å². The van der Waals surface area contributed by atoms with Crippen LogP contribution in [-0.2, 0) is 4.79 Å². The van der Waals surface area contributed by atoms with Gasteiger partial charge in [-0.25, -0.2) is 0 Å². The third-order valence-electron chi connectivity index (χ3n) is 0.973. The van der Waals surface area contributed by atoms with Crippen LogP contribution in [0.15, 0.2) is 12.3 Å². The number of carbonyl (C=O) groups is 1. The summed E-state index contributed by atoms with van der Waals surface area (Å²) < 4.78 is 1.89. The van der Waals surface area contributed by atoms with Crippen molar-refractivity contribution >= 4 is 17.7 Å². The molecule has 1 heterocycles.